The molecule has 7 heteroatoms. The third-order valence-corrected chi connectivity index (χ3v) is 6.06. The van der Waals surface area contributed by atoms with E-state index in [1.54, 1.807) is 29.8 Å². The summed E-state index contributed by atoms with van der Waals surface area (Å²) in [5, 5.41) is 8.52. The van der Waals surface area contributed by atoms with Gasteiger partial charge in [0.25, 0.3) is 0 Å². The summed E-state index contributed by atoms with van der Waals surface area (Å²) in [4.78, 5) is 19.7. The van der Waals surface area contributed by atoms with Crippen molar-refractivity contribution in [1.82, 2.24) is 30.1 Å². The van der Waals surface area contributed by atoms with Crippen LogP contribution in [0.4, 0.5) is 0 Å². The topological polar surface area (TPSA) is 83.1 Å². The fraction of sp³-hybridized carbons (Fsp3) is 0.0833. The molecule has 0 radical (unpaired) electrons. The van der Waals surface area contributed by atoms with E-state index in [0.29, 0.717) is 5.82 Å². The molecule has 0 unspecified atom stereocenters. The van der Waals surface area contributed by atoms with E-state index in [-0.39, 0.29) is 0 Å². The van der Waals surface area contributed by atoms with Crippen LogP contribution in [0, 0.1) is 13.8 Å². The Bertz CT molecular complexity index is 1420. The van der Waals surface area contributed by atoms with E-state index in [4.69, 9.17) is 4.98 Å². The van der Waals surface area contributed by atoms with Crippen molar-refractivity contribution >= 4 is 27.8 Å². The molecule has 0 spiro atoms. The van der Waals surface area contributed by atoms with Gasteiger partial charge in [-0.3, -0.25) is 15.1 Å². The molecule has 6 nitrogen and oxygen atoms in total. The van der Waals surface area contributed by atoms with Gasteiger partial charge in [-0.2, -0.15) is 5.10 Å². The number of aryl methyl sites for hydroxylation is 2. The molecule has 31 heavy (non-hydrogen) atoms. The Balaban J connectivity index is 1.61. The number of nitrogens with zero attached hydrogens (tertiary/aromatic N) is 4. The van der Waals surface area contributed by atoms with Crippen LogP contribution >= 0.6 is 11.3 Å². The third kappa shape index (κ3) is 3.49. The van der Waals surface area contributed by atoms with Crippen molar-refractivity contribution in [3.05, 3.63) is 88.7 Å². The van der Waals surface area contributed by atoms with E-state index in [1.165, 1.54) is 4.88 Å². The first-order valence-corrected chi connectivity index (χ1v) is 10.7. The molecule has 5 aromatic rings. The van der Waals surface area contributed by atoms with E-state index in [2.05, 4.69) is 50.8 Å². The molecule has 2 N–H and O–H groups in total. The smallest absolute Gasteiger partial charge is 0.159 e. The minimum atomic E-state index is 0.708. The maximum absolute atomic E-state index is 4.93. The number of hydrogen-bond acceptors (Lipinski definition) is 5. The highest BCUT2D eigenvalue weighted by Crippen LogP contribution is 2.33. The standard InChI is InChI=1S/C24H20N6S/c1-4-7-16(21-10-9-14(2)31-21)22-15(3)27-24(28-22)23-17-12-19(18-8-5-6-11-25-18)26-13-20(17)29-30-23/h4-13H,1H2,2-3H3,(H,27,28)(H,29,30)/b16-7-. The summed E-state index contributed by atoms with van der Waals surface area (Å²) in [6.07, 6.45) is 7.35. The van der Waals surface area contributed by atoms with Gasteiger partial charge in [-0.25, -0.2) is 4.98 Å². The van der Waals surface area contributed by atoms with Crippen LogP contribution in [-0.4, -0.2) is 30.1 Å². The first-order valence-electron chi connectivity index (χ1n) is 9.86. The molecule has 0 aliphatic heterocycles. The summed E-state index contributed by atoms with van der Waals surface area (Å²) in [5.74, 6) is 0.708. The van der Waals surface area contributed by atoms with Crippen molar-refractivity contribution < 1.29 is 0 Å². The monoisotopic (exact) mass is 424 g/mol. The Hall–Kier alpha value is -3.84. The van der Waals surface area contributed by atoms with Gasteiger partial charge in [0.1, 0.15) is 5.69 Å². The largest absolute Gasteiger partial charge is 0.340 e. The summed E-state index contributed by atoms with van der Waals surface area (Å²) in [6.45, 7) is 8.01. The Morgan fingerprint density at radius 2 is 2.00 bits per heavy atom. The summed E-state index contributed by atoms with van der Waals surface area (Å²) >= 11 is 1.74. The summed E-state index contributed by atoms with van der Waals surface area (Å²) < 4.78 is 0. The Morgan fingerprint density at radius 3 is 2.74 bits per heavy atom. The van der Waals surface area contributed by atoms with Crippen molar-refractivity contribution in [2.24, 2.45) is 0 Å². The molecule has 5 heterocycles. The highest BCUT2D eigenvalue weighted by atomic mass is 32.1. The molecule has 0 aliphatic carbocycles. The molecular formula is C24H20N6S. The highest BCUT2D eigenvalue weighted by Gasteiger charge is 2.19. The summed E-state index contributed by atoms with van der Waals surface area (Å²) in [6, 6.07) is 12.0. The molecule has 0 bridgehead atoms. The number of thiophene rings is 1. The minimum Gasteiger partial charge on any atom is -0.340 e. The average molecular weight is 425 g/mol. The van der Waals surface area contributed by atoms with Crippen LogP contribution in [0.5, 0.6) is 0 Å². The van der Waals surface area contributed by atoms with Crippen LogP contribution in [0.15, 0.2) is 67.5 Å². The van der Waals surface area contributed by atoms with Crippen molar-refractivity contribution in [1.29, 1.82) is 0 Å². The molecule has 0 fully saturated rings. The molecule has 0 amide bonds. The first-order chi connectivity index (χ1) is 15.1. The van der Waals surface area contributed by atoms with E-state index >= 15 is 0 Å². The van der Waals surface area contributed by atoms with Crippen LogP contribution in [0.25, 0.3) is 39.4 Å². The molecule has 5 aromatic heterocycles. The van der Waals surface area contributed by atoms with Crippen molar-refractivity contribution in [3.63, 3.8) is 0 Å². The Labute approximate surface area is 183 Å². The quantitative estimate of drug-likeness (QED) is 0.354. The molecule has 5 rings (SSSR count). The van der Waals surface area contributed by atoms with E-state index in [0.717, 1.165) is 49.8 Å². The minimum absolute atomic E-state index is 0.708. The van der Waals surface area contributed by atoms with Crippen LogP contribution in [-0.2, 0) is 0 Å². The summed E-state index contributed by atoms with van der Waals surface area (Å²) in [5.41, 5.74) is 6.13. The van der Waals surface area contributed by atoms with Gasteiger partial charge in [-0.1, -0.05) is 24.8 Å². The van der Waals surface area contributed by atoms with Gasteiger partial charge < -0.3 is 4.98 Å². The molecule has 152 valence electrons. The number of allylic oxidation sites excluding steroid dienone is 2. The Morgan fingerprint density at radius 1 is 1.10 bits per heavy atom. The van der Waals surface area contributed by atoms with Gasteiger partial charge in [-0.05, 0) is 44.2 Å². The zero-order valence-corrected chi connectivity index (χ0v) is 18.0. The van der Waals surface area contributed by atoms with Crippen LogP contribution in [0.1, 0.15) is 21.1 Å². The van der Waals surface area contributed by atoms with Gasteiger partial charge in [0.15, 0.2) is 5.82 Å². The van der Waals surface area contributed by atoms with Crippen molar-refractivity contribution in [2.45, 2.75) is 13.8 Å². The summed E-state index contributed by atoms with van der Waals surface area (Å²) in [7, 11) is 0. The zero-order valence-electron chi connectivity index (χ0n) is 17.2. The van der Waals surface area contributed by atoms with Gasteiger partial charge in [0.05, 0.1) is 28.8 Å². The van der Waals surface area contributed by atoms with E-state index in [9.17, 15) is 0 Å². The first kappa shape index (κ1) is 19.1. The molecule has 0 aromatic carbocycles. The number of H-pyrrole nitrogens is 2. The molecule has 0 aliphatic rings. The fourth-order valence-electron chi connectivity index (χ4n) is 3.56. The predicted molar refractivity (Wildman–Crippen MR) is 126 cm³/mol. The third-order valence-electron chi connectivity index (χ3n) is 5.03. The number of nitrogens with one attached hydrogen (secondary N) is 2. The Kier molecular flexibility index (Phi) is 4.80. The maximum atomic E-state index is 4.93. The van der Waals surface area contributed by atoms with E-state index < -0.39 is 0 Å². The number of fused-ring (bicyclic) bond motifs is 1. The van der Waals surface area contributed by atoms with E-state index in [1.807, 2.05) is 37.3 Å². The second-order valence-electron chi connectivity index (χ2n) is 7.19. The second kappa shape index (κ2) is 7.77. The highest BCUT2D eigenvalue weighted by molar-refractivity contribution is 7.13. The lowest BCUT2D eigenvalue weighted by molar-refractivity contribution is 1.10. The number of aromatic nitrogens is 6. The molecular weight excluding hydrogens is 404 g/mol. The molecule has 0 saturated carbocycles. The molecule has 0 saturated heterocycles. The van der Waals surface area contributed by atoms with Crippen LogP contribution < -0.4 is 0 Å². The number of rotatable bonds is 5. The second-order valence-corrected chi connectivity index (χ2v) is 8.48. The van der Waals surface area contributed by atoms with Crippen LogP contribution in [0.2, 0.25) is 0 Å². The molecule has 0 atom stereocenters. The van der Waals surface area contributed by atoms with Gasteiger partial charge in [0.2, 0.25) is 0 Å². The number of hydrogen-bond donors (Lipinski definition) is 2. The zero-order chi connectivity index (χ0) is 21.4. The normalized spacial score (nSPS) is 11.9. The van der Waals surface area contributed by atoms with Gasteiger partial charge in [0, 0.05) is 32.6 Å². The lowest BCUT2D eigenvalue weighted by Gasteiger charge is -2.02. The maximum Gasteiger partial charge on any atom is 0.159 e. The SMILES string of the molecule is C=C/C=C(/c1ccc(C)s1)c1nc(-c2n[nH]c3cnc(-c4ccccn4)cc23)[nH]c1C. The fourth-order valence-corrected chi connectivity index (χ4v) is 4.46. The lowest BCUT2D eigenvalue weighted by Crippen LogP contribution is -1.89. The van der Waals surface area contributed by atoms with Crippen LogP contribution in [0.3, 0.4) is 0 Å². The number of aromatic amines is 2. The van der Waals surface area contributed by atoms with Crippen molar-refractivity contribution in [3.8, 4) is 22.9 Å². The average Bonchev–Trinajstić information content (AvgIpc) is 3.50. The van der Waals surface area contributed by atoms with Gasteiger partial charge in [-0.15, -0.1) is 11.3 Å². The number of pyridine rings is 2. The predicted octanol–water partition coefficient (Wildman–Crippen LogP) is 5.71. The van der Waals surface area contributed by atoms with Gasteiger partial charge >= 0.3 is 0 Å². The van der Waals surface area contributed by atoms with Crippen molar-refractivity contribution in [2.75, 3.05) is 0 Å². The lowest BCUT2D eigenvalue weighted by atomic mass is 10.1. The number of imidazole rings is 1.